The number of rotatable bonds is 7. The average Bonchev–Trinajstić information content (AvgIpc) is 3.40. The summed E-state index contributed by atoms with van der Waals surface area (Å²) in [5, 5.41) is 6.29. The van der Waals surface area contributed by atoms with E-state index in [9.17, 15) is 9.59 Å². The van der Waals surface area contributed by atoms with Crippen LogP contribution in [0, 0.1) is 6.92 Å². The summed E-state index contributed by atoms with van der Waals surface area (Å²) in [6.45, 7) is 8.90. The van der Waals surface area contributed by atoms with Gasteiger partial charge in [0.25, 0.3) is 5.91 Å². The summed E-state index contributed by atoms with van der Waals surface area (Å²) >= 11 is 2.79. The highest BCUT2D eigenvalue weighted by molar-refractivity contribution is 7.18. The lowest BCUT2D eigenvalue weighted by Gasteiger charge is -2.31. The number of nitrogens with two attached hydrogens (primary N) is 1. The minimum atomic E-state index is -0.517. The molecular weight excluding hydrogens is 472 g/mol. The zero-order chi connectivity index (χ0) is 24.4. The summed E-state index contributed by atoms with van der Waals surface area (Å²) in [7, 11) is 2.06. The van der Waals surface area contributed by atoms with Gasteiger partial charge in [0, 0.05) is 37.1 Å². The van der Waals surface area contributed by atoms with E-state index in [1.165, 1.54) is 22.7 Å². The Labute approximate surface area is 206 Å². The average molecular weight is 501 g/mol. The summed E-state index contributed by atoms with van der Waals surface area (Å²) in [4.78, 5) is 38.8. The highest BCUT2D eigenvalue weighted by atomic mass is 32.1. The van der Waals surface area contributed by atoms with Crippen molar-refractivity contribution in [1.82, 2.24) is 19.8 Å². The molecule has 3 N–H and O–H groups in total. The van der Waals surface area contributed by atoms with Crippen LogP contribution in [0.5, 0.6) is 5.75 Å². The van der Waals surface area contributed by atoms with Crippen molar-refractivity contribution < 1.29 is 14.3 Å². The maximum Gasteiger partial charge on any atom is 0.282 e. The molecule has 1 fully saturated rings. The van der Waals surface area contributed by atoms with Crippen LogP contribution in [0.25, 0.3) is 10.6 Å². The van der Waals surface area contributed by atoms with E-state index in [0.717, 1.165) is 29.4 Å². The van der Waals surface area contributed by atoms with Crippen molar-refractivity contribution in [1.29, 1.82) is 0 Å². The molecule has 2 aromatic heterocycles. The molecule has 1 aliphatic heterocycles. The molecule has 0 saturated carbocycles. The Balaban J connectivity index is 1.55. The number of benzene rings is 1. The number of aromatic nitrogens is 2. The minimum Gasteiger partial charge on any atom is -0.489 e. The van der Waals surface area contributed by atoms with Gasteiger partial charge >= 0.3 is 0 Å². The quantitative estimate of drug-likeness (QED) is 0.510. The van der Waals surface area contributed by atoms with Crippen molar-refractivity contribution in [2.75, 3.05) is 38.5 Å². The molecule has 1 aromatic carbocycles. The fourth-order valence-electron chi connectivity index (χ4n) is 3.56. The third-order valence-electron chi connectivity index (χ3n) is 5.38. The van der Waals surface area contributed by atoms with E-state index in [0.29, 0.717) is 40.2 Å². The molecule has 4 rings (SSSR count). The number of hydrogen-bond donors (Lipinski definition) is 2. The first-order valence-corrected chi connectivity index (χ1v) is 12.7. The number of nitrogens with one attached hydrogen (secondary N) is 1. The highest BCUT2D eigenvalue weighted by Crippen LogP contribution is 2.36. The van der Waals surface area contributed by atoms with Gasteiger partial charge in [0.15, 0.2) is 10.1 Å². The first-order chi connectivity index (χ1) is 16.2. The molecule has 3 aromatic rings. The Bertz CT molecular complexity index is 1200. The molecule has 0 bridgehead atoms. The number of anilines is 2. The number of likely N-dealkylation sites (N-methyl/N-ethyl adjacent to an activating group) is 1. The van der Waals surface area contributed by atoms with Crippen molar-refractivity contribution in [3.63, 3.8) is 0 Å². The zero-order valence-corrected chi connectivity index (χ0v) is 21.3. The monoisotopic (exact) mass is 500 g/mol. The minimum absolute atomic E-state index is 0.0280. The molecule has 0 unspecified atom stereocenters. The first-order valence-electron chi connectivity index (χ1n) is 11.0. The van der Waals surface area contributed by atoms with Crippen molar-refractivity contribution in [2.45, 2.75) is 26.9 Å². The van der Waals surface area contributed by atoms with E-state index in [2.05, 4.69) is 22.2 Å². The van der Waals surface area contributed by atoms with Gasteiger partial charge in [0.1, 0.15) is 5.75 Å². The van der Waals surface area contributed by atoms with Gasteiger partial charge in [0.05, 0.1) is 28.1 Å². The molecule has 34 heavy (non-hydrogen) atoms. The Hall–Kier alpha value is -3.02. The second kappa shape index (κ2) is 10.1. The predicted octanol–water partition coefficient (Wildman–Crippen LogP) is 3.59. The van der Waals surface area contributed by atoms with Crippen molar-refractivity contribution >= 4 is 45.3 Å². The predicted molar refractivity (Wildman–Crippen MR) is 135 cm³/mol. The topological polar surface area (TPSA) is 114 Å². The number of thiazole rings is 2. The van der Waals surface area contributed by atoms with E-state index >= 15 is 0 Å². The van der Waals surface area contributed by atoms with Crippen LogP contribution in [-0.4, -0.2) is 70.9 Å². The maximum absolute atomic E-state index is 12.9. The zero-order valence-electron chi connectivity index (χ0n) is 19.6. The van der Waals surface area contributed by atoms with Gasteiger partial charge in [-0.25, -0.2) is 9.97 Å². The van der Waals surface area contributed by atoms with Gasteiger partial charge in [0.2, 0.25) is 5.91 Å². The molecule has 0 atom stereocenters. The van der Waals surface area contributed by atoms with Gasteiger partial charge in [-0.2, -0.15) is 0 Å². The van der Waals surface area contributed by atoms with E-state index in [4.69, 9.17) is 15.5 Å². The van der Waals surface area contributed by atoms with E-state index < -0.39 is 5.91 Å². The number of ether oxygens (including phenoxy) is 1. The van der Waals surface area contributed by atoms with Gasteiger partial charge in [-0.05, 0) is 46.0 Å². The van der Waals surface area contributed by atoms with Crippen LogP contribution in [0.15, 0.2) is 23.6 Å². The van der Waals surface area contributed by atoms with Crippen LogP contribution in [-0.2, 0) is 0 Å². The summed E-state index contributed by atoms with van der Waals surface area (Å²) in [5.41, 5.74) is 7.96. The van der Waals surface area contributed by atoms with E-state index in [1.807, 2.05) is 31.1 Å². The Morgan fingerprint density at radius 3 is 2.59 bits per heavy atom. The summed E-state index contributed by atoms with van der Waals surface area (Å²) in [6.07, 6.45) is -0.0389. The number of primary amides is 1. The molecule has 9 nitrogen and oxygen atoms in total. The number of piperazine rings is 1. The number of aryl methyl sites for hydroxylation is 1. The van der Waals surface area contributed by atoms with Crippen molar-refractivity contribution in [2.24, 2.45) is 5.73 Å². The largest absolute Gasteiger partial charge is 0.489 e. The van der Waals surface area contributed by atoms with Crippen LogP contribution in [0.4, 0.5) is 10.8 Å². The SMILES string of the molecule is Cc1nc(C(=O)N2CCN(C)CC2)sc1-c1csc(Nc2cc(C(N)=O)ccc2OC(C)C)n1. The summed E-state index contributed by atoms with van der Waals surface area (Å²) < 4.78 is 5.87. The first kappa shape index (κ1) is 24.1. The Kier molecular flexibility index (Phi) is 7.15. The maximum atomic E-state index is 12.9. The van der Waals surface area contributed by atoms with Crippen LogP contribution < -0.4 is 15.8 Å². The fraction of sp³-hybridized carbons (Fsp3) is 0.391. The molecule has 0 aliphatic carbocycles. The van der Waals surface area contributed by atoms with Gasteiger partial charge in [-0.15, -0.1) is 22.7 Å². The highest BCUT2D eigenvalue weighted by Gasteiger charge is 2.25. The lowest BCUT2D eigenvalue weighted by atomic mass is 10.1. The molecule has 1 saturated heterocycles. The number of amides is 2. The number of carbonyl (C=O) groups excluding carboxylic acids is 2. The van der Waals surface area contributed by atoms with E-state index in [1.54, 1.807) is 18.2 Å². The molecule has 0 spiro atoms. The Morgan fingerprint density at radius 1 is 1.18 bits per heavy atom. The molecule has 11 heteroatoms. The van der Waals surface area contributed by atoms with E-state index in [-0.39, 0.29) is 12.0 Å². The van der Waals surface area contributed by atoms with Gasteiger partial charge in [-0.3, -0.25) is 9.59 Å². The lowest BCUT2D eigenvalue weighted by Crippen LogP contribution is -2.47. The van der Waals surface area contributed by atoms with Gasteiger partial charge < -0.3 is 25.6 Å². The summed E-state index contributed by atoms with van der Waals surface area (Å²) in [5.74, 6) is 0.0577. The molecule has 180 valence electrons. The molecule has 3 heterocycles. The second-order valence-corrected chi connectivity index (χ2v) is 10.3. The lowest BCUT2D eigenvalue weighted by molar-refractivity contribution is 0.0663. The van der Waals surface area contributed by atoms with Crippen LogP contribution in [0.2, 0.25) is 0 Å². The van der Waals surface area contributed by atoms with Crippen LogP contribution in [0.1, 0.15) is 39.7 Å². The third kappa shape index (κ3) is 5.37. The second-order valence-electron chi connectivity index (χ2n) is 8.43. The number of carbonyl (C=O) groups is 2. The van der Waals surface area contributed by atoms with Crippen LogP contribution in [0.3, 0.4) is 0 Å². The normalized spacial score (nSPS) is 14.4. The van der Waals surface area contributed by atoms with Crippen LogP contribution >= 0.6 is 22.7 Å². The smallest absolute Gasteiger partial charge is 0.282 e. The van der Waals surface area contributed by atoms with Crippen molar-refractivity contribution in [3.05, 3.63) is 39.8 Å². The molecular formula is C23H28N6O3S2. The molecule has 1 aliphatic rings. The summed E-state index contributed by atoms with van der Waals surface area (Å²) in [6, 6.07) is 5.02. The Morgan fingerprint density at radius 2 is 1.91 bits per heavy atom. The molecule has 2 amide bonds. The standard InChI is InChI=1S/C23H28N6O3S2/c1-13(2)32-18-6-5-15(20(24)30)11-16(18)26-23-27-17(12-33-23)19-14(3)25-21(34-19)22(31)29-9-7-28(4)8-10-29/h5-6,11-13H,7-10H2,1-4H3,(H2,24,30)(H,26,27). The third-order valence-corrected chi connectivity index (χ3v) is 7.30. The van der Waals surface area contributed by atoms with Crippen molar-refractivity contribution in [3.8, 4) is 16.3 Å². The fourth-order valence-corrected chi connectivity index (χ4v) is 5.34. The van der Waals surface area contributed by atoms with Gasteiger partial charge in [-0.1, -0.05) is 0 Å². The number of nitrogens with zero attached hydrogens (tertiary/aromatic N) is 4. The number of hydrogen-bond acceptors (Lipinski definition) is 9. The molecule has 0 radical (unpaired) electrons.